The molecule has 25 heavy (non-hydrogen) atoms. The van der Waals surface area contributed by atoms with Gasteiger partial charge in [-0.05, 0) is 31.1 Å². The Bertz CT molecular complexity index is 275. The highest BCUT2D eigenvalue weighted by Crippen LogP contribution is 2.15. The molecule has 0 aliphatic carbocycles. The van der Waals surface area contributed by atoms with Gasteiger partial charge in [-0.15, -0.1) is 0 Å². The molecule has 0 aromatic carbocycles. The number of hydrogen-bond acceptors (Lipinski definition) is 1. The summed E-state index contributed by atoms with van der Waals surface area (Å²) in [5, 5.41) is 0. The molecule has 0 saturated carbocycles. The van der Waals surface area contributed by atoms with E-state index in [1.807, 2.05) is 0 Å². The Morgan fingerprint density at radius 3 is 1.92 bits per heavy atom. The van der Waals surface area contributed by atoms with Gasteiger partial charge in [0.2, 0.25) is 0 Å². The van der Waals surface area contributed by atoms with Gasteiger partial charge in [0.25, 0.3) is 0 Å². The normalized spacial score (nSPS) is 13.6. The van der Waals surface area contributed by atoms with Crippen molar-refractivity contribution in [3.63, 3.8) is 0 Å². The van der Waals surface area contributed by atoms with Gasteiger partial charge in [-0.3, -0.25) is 0 Å². The molecule has 152 valence electrons. The zero-order chi connectivity index (χ0) is 19.0. The highest BCUT2D eigenvalue weighted by Gasteiger charge is 2.14. The summed E-state index contributed by atoms with van der Waals surface area (Å²) in [5.74, 6) is 1.65. The van der Waals surface area contributed by atoms with Crippen LogP contribution in [0, 0.1) is 11.8 Å². The number of ether oxygens (including phenoxy) is 1. The van der Waals surface area contributed by atoms with Gasteiger partial charge in [0.05, 0.1) is 27.2 Å². The minimum atomic E-state index is 0.807. The highest BCUT2D eigenvalue weighted by atomic mass is 16.5. The van der Waals surface area contributed by atoms with E-state index in [1.165, 1.54) is 83.6 Å². The number of quaternary nitrogens is 1. The van der Waals surface area contributed by atoms with Gasteiger partial charge in [0.1, 0.15) is 0 Å². The summed E-state index contributed by atoms with van der Waals surface area (Å²) in [7, 11) is 4.63. The lowest BCUT2D eigenvalue weighted by atomic mass is 9.98. The lowest BCUT2D eigenvalue weighted by Gasteiger charge is -2.29. The number of rotatable bonds is 18. The summed E-state index contributed by atoms with van der Waals surface area (Å²) >= 11 is 0. The summed E-state index contributed by atoms with van der Waals surface area (Å²) in [5.41, 5.74) is 0. The molecule has 0 fully saturated rings. The van der Waals surface area contributed by atoms with Gasteiger partial charge in [-0.1, -0.05) is 85.5 Å². The number of nitrogens with zero attached hydrogens (tertiary/aromatic N) is 1. The van der Waals surface area contributed by atoms with Crippen LogP contribution in [-0.4, -0.2) is 38.5 Å². The van der Waals surface area contributed by atoms with Crippen molar-refractivity contribution < 1.29 is 9.22 Å². The van der Waals surface area contributed by atoms with E-state index in [0.29, 0.717) is 0 Å². The molecule has 0 aliphatic rings. The fourth-order valence-electron chi connectivity index (χ4n) is 3.35. The molecule has 1 unspecified atom stereocenters. The first-order valence-electron chi connectivity index (χ1n) is 11.3. The fraction of sp³-hybridized carbons (Fsp3) is 1.00. The Labute approximate surface area is 160 Å². The largest absolute Gasteiger partial charge is 0.332 e. The van der Waals surface area contributed by atoms with Crippen molar-refractivity contribution in [3.05, 3.63) is 0 Å². The Balaban J connectivity index is 3.50. The van der Waals surface area contributed by atoms with E-state index >= 15 is 0 Å². The maximum atomic E-state index is 5.99. The van der Waals surface area contributed by atoms with Gasteiger partial charge in [-0.2, -0.15) is 0 Å². The second kappa shape index (κ2) is 16.1. The Morgan fingerprint density at radius 2 is 1.32 bits per heavy atom. The van der Waals surface area contributed by atoms with Crippen LogP contribution in [0.1, 0.15) is 105 Å². The predicted octanol–water partition coefficient (Wildman–Crippen LogP) is 7.03. The van der Waals surface area contributed by atoms with Gasteiger partial charge in [-0.25, -0.2) is 0 Å². The van der Waals surface area contributed by atoms with E-state index in [1.54, 1.807) is 0 Å². The highest BCUT2D eigenvalue weighted by molar-refractivity contribution is 4.55. The molecule has 0 spiro atoms. The molecule has 0 N–H and O–H groups in total. The van der Waals surface area contributed by atoms with E-state index in [9.17, 15) is 0 Å². The van der Waals surface area contributed by atoms with Crippen molar-refractivity contribution in [1.29, 1.82) is 0 Å². The number of unbranched alkanes of at least 4 members (excludes halogenated alkanes) is 7. The van der Waals surface area contributed by atoms with Crippen molar-refractivity contribution >= 4 is 0 Å². The average Bonchev–Trinajstić information content (AvgIpc) is 2.54. The Hall–Kier alpha value is -0.0800. The molecule has 0 aromatic heterocycles. The van der Waals surface area contributed by atoms with E-state index in [4.69, 9.17) is 4.74 Å². The van der Waals surface area contributed by atoms with Crippen molar-refractivity contribution in [3.8, 4) is 0 Å². The standard InChI is InChI=1S/C23H50NO/c1-7-8-9-10-11-12-13-14-19-24(5,6)21-25-20-18-23(4)17-15-16-22(2)3/h22-23H,7-21H2,1-6H3/q+1. The van der Waals surface area contributed by atoms with Crippen LogP contribution < -0.4 is 0 Å². The van der Waals surface area contributed by atoms with Gasteiger partial charge >= 0.3 is 0 Å². The molecule has 0 rings (SSSR count). The molecule has 2 heteroatoms. The molecule has 0 saturated heterocycles. The molecule has 0 heterocycles. The minimum absolute atomic E-state index is 0.807. The molecule has 0 radical (unpaired) electrons. The van der Waals surface area contributed by atoms with E-state index in [2.05, 4.69) is 41.8 Å². The molecule has 0 aromatic rings. The first-order valence-corrected chi connectivity index (χ1v) is 11.3. The van der Waals surface area contributed by atoms with Crippen LogP contribution in [0.4, 0.5) is 0 Å². The second-order valence-corrected chi connectivity index (χ2v) is 9.39. The quantitative estimate of drug-likeness (QED) is 0.145. The minimum Gasteiger partial charge on any atom is -0.332 e. The van der Waals surface area contributed by atoms with Crippen molar-refractivity contribution in [1.82, 2.24) is 0 Å². The van der Waals surface area contributed by atoms with Gasteiger partial charge in [0, 0.05) is 0 Å². The van der Waals surface area contributed by atoms with Crippen LogP contribution in [0.5, 0.6) is 0 Å². The van der Waals surface area contributed by atoms with Crippen LogP contribution in [0.15, 0.2) is 0 Å². The zero-order valence-electron chi connectivity index (χ0n) is 18.6. The molecule has 0 aliphatic heterocycles. The lowest BCUT2D eigenvalue weighted by molar-refractivity contribution is -0.910. The smallest absolute Gasteiger partial charge is 0.182 e. The molecule has 0 amide bonds. The van der Waals surface area contributed by atoms with Crippen molar-refractivity contribution in [2.45, 2.75) is 105 Å². The van der Waals surface area contributed by atoms with Crippen LogP contribution in [0.25, 0.3) is 0 Å². The van der Waals surface area contributed by atoms with Crippen LogP contribution in [-0.2, 0) is 4.74 Å². The van der Waals surface area contributed by atoms with E-state index in [-0.39, 0.29) is 0 Å². The average molecular weight is 357 g/mol. The maximum absolute atomic E-state index is 5.99. The molecule has 2 nitrogen and oxygen atoms in total. The summed E-state index contributed by atoms with van der Waals surface area (Å²) in [4.78, 5) is 0. The first kappa shape index (κ1) is 24.9. The molecule has 1 atom stereocenters. The summed E-state index contributed by atoms with van der Waals surface area (Å²) < 4.78 is 7.00. The third-order valence-corrected chi connectivity index (χ3v) is 5.29. The third kappa shape index (κ3) is 18.5. The maximum Gasteiger partial charge on any atom is 0.182 e. The van der Waals surface area contributed by atoms with Crippen LogP contribution in [0.3, 0.4) is 0 Å². The second-order valence-electron chi connectivity index (χ2n) is 9.39. The van der Waals surface area contributed by atoms with E-state index < -0.39 is 0 Å². The molecule has 0 bridgehead atoms. The van der Waals surface area contributed by atoms with Crippen molar-refractivity contribution in [2.75, 3.05) is 34.0 Å². The summed E-state index contributed by atoms with van der Waals surface area (Å²) in [6, 6.07) is 0. The molecular weight excluding hydrogens is 306 g/mol. The zero-order valence-corrected chi connectivity index (χ0v) is 18.6. The van der Waals surface area contributed by atoms with Gasteiger partial charge < -0.3 is 9.22 Å². The first-order chi connectivity index (χ1) is 11.9. The molecular formula is C23H50NO+. The topological polar surface area (TPSA) is 9.23 Å². The van der Waals surface area contributed by atoms with E-state index in [0.717, 1.165) is 29.7 Å². The van der Waals surface area contributed by atoms with Crippen LogP contribution >= 0.6 is 0 Å². The predicted molar refractivity (Wildman–Crippen MR) is 113 cm³/mol. The lowest BCUT2D eigenvalue weighted by Crippen LogP contribution is -2.42. The van der Waals surface area contributed by atoms with Crippen LogP contribution in [0.2, 0.25) is 0 Å². The third-order valence-electron chi connectivity index (χ3n) is 5.29. The monoisotopic (exact) mass is 356 g/mol. The Kier molecular flexibility index (Phi) is 16.1. The number of hydrogen-bond donors (Lipinski definition) is 0. The summed E-state index contributed by atoms with van der Waals surface area (Å²) in [6.45, 7) is 12.4. The van der Waals surface area contributed by atoms with Crippen molar-refractivity contribution in [2.24, 2.45) is 11.8 Å². The summed E-state index contributed by atoms with van der Waals surface area (Å²) in [6.07, 6.45) is 16.5. The Morgan fingerprint density at radius 1 is 0.720 bits per heavy atom. The fourth-order valence-corrected chi connectivity index (χ4v) is 3.35. The SMILES string of the molecule is CCCCCCCCCC[N+](C)(C)COCCC(C)CCCC(C)C. The van der Waals surface area contributed by atoms with Gasteiger partial charge in [0.15, 0.2) is 6.73 Å².